The SMILES string of the molecule is CC(c1ccccc1)S(=O)(=O)c1ccc(C(=O)O)c(Cl)c1. The van der Waals surface area contributed by atoms with E-state index >= 15 is 0 Å². The molecule has 0 aliphatic heterocycles. The number of hydrogen-bond acceptors (Lipinski definition) is 3. The number of benzene rings is 2. The number of sulfone groups is 1. The summed E-state index contributed by atoms with van der Waals surface area (Å²) in [5.74, 6) is -1.19. The minimum Gasteiger partial charge on any atom is -0.478 e. The Balaban J connectivity index is 2.45. The predicted molar refractivity (Wildman–Crippen MR) is 80.5 cm³/mol. The van der Waals surface area contributed by atoms with E-state index in [1.807, 2.05) is 0 Å². The Hall–Kier alpha value is -1.85. The van der Waals surface area contributed by atoms with Crippen LogP contribution >= 0.6 is 11.6 Å². The van der Waals surface area contributed by atoms with Gasteiger partial charge in [-0.05, 0) is 30.7 Å². The molecule has 2 aromatic rings. The maximum atomic E-state index is 12.6. The highest BCUT2D eigenvalue weighted by Crippen LogP contribution is 2.30. The van der Waals surface area contributed by atoms with E-state index in [0.717, 1.165) is 0 Å². The summed E-state index contributed by atoms with van der Waals surface area (Å²) in [6.07, 6.45) is 0. The minimum atomic E-state index is -3.63. The quantitative estimate of drug-likeness (QED) is 0.933. The molecular weight excluding hydrogens is 312 g/mol. The number of aromatic carboxylic acids is 1. The molecule has 21 heavy (non-hydrogen) atoms. The highest BCUT2D eigenvalue weighted by molar-refractivity contribution is 7.91. The normalized spacial score (nSPS) is 12.9. The van der Waals surface area contributed by atoms with E-state index in [1.165, 1.54) is 18.2 Å². The maximum absolute atomic E-state index is 12.6. The van der Waals surface area contributed by atoms with Crippen LogP contribution in [0.4, 0.5) is 0 Å². The van der Waals surface area contributed by atoms with Gasteiger partial charge in [-0.25, -0.2) is 13.2 Å². The van der Waals surface area contributed by atoms with Gasteiger partial charge in [0, 0.05) is 0 Å². The van der Waals surface area contributed by atoms with E-state index in [2.05, 4.69) is 0 Å². The van der Waals surface area contributed by atoms with Gasteiger partial charge < -0.3 is 5.11 Å². The van der Waals surface area contributed by atoms with Crippen LogP contribution in [0.5, 0.6) is 0 Å². The number of halogens is 1. The smallest absolute Gasteiger partial charge is 0.337 e. The van der Waals surface area contributed by atoms with Gasteiger partial charge in [0.25, 0.3) is 0 Å². The van der Waals surface area contributed by atoms with Gasteiger partial charge >= 0.3 is 5.97 Å². The standard InChI is InChI=1S/C15H13ClO4S/c1-10(11-5-3-2-4-6-11)21(19,20)12-7-8-13(15(17)18)14(16)9-12/h2-10H,1H3,(H,17,18). The molecule has 6 heteroatoms. The first kappa shape index (κ1) is 15.5. The molecule has 0 fully saturated rings. The van der Waals surface area contributed by atoms with Crippen LogP contribution in [-0.4, -0.2) is 19.5 Å². The molecule has 0 heterocycles. The fraction of sp³-hybridized carbons (Fsp3) is 0.133. The molecule has 0 radical (unpaired) electrons. The first-order chi connectivity index (χ1) is 9.84. The zero-order valence-electron chi connectivity index (χ0n) is 11.2. The molecule has 1 unspecified atom stereocenters. The summed E-state index contributed by atoms with van der Waals surface area (Å²) < 4.78 is 25.1. The topological polar surface area (TPSA) is 71.4 Å². The molecular formula is C15H13ClO4S. The molecule has 2 aromatic carbocycles. The molecule has 0 bridgehead atoms. The lowest BCUT2D eigenvalue weighted by Crippen LogP contribution is -2.11. The van der Waals surface area contributed by atoms with Crippen molar-refractivity contribution in [2.75, 3.05) is 0 Å². The summed E-state index contributed by atoms with van der Waals surface area (Å²) in [7, 11) is -3.63. The molecule has 2 rings (SSSR count). The van der Waals surface area contributed by atoms with Crippen molar-refractivity contribution in [1.82, 2.24) is 0 Å². The number of carboxylic acids is 1. The van der Waals surface area contributed by atoms with E-state index in [9.17, 15) is 13.2 Å². The Bertz CT molecular complexity index is 770. The summed E-state index contributed by atoms with van der Waals surface area (Å²) in [5.41, 5.74) is 0.541. The average Bonchev–Trinajstić information content (AvgIpc) is 2.46. The molecule has 0 spiro atoms. The lowest BCUT2D eigenvalue weighted by atomic mass is 10.2. The van der Waals surface area contributed by atoms with Crippen molar-refractivity contribution in [1.29, 1.82) is 0 Å². The van der Waals surface area contributed by atoms with Crippen LogP contribution in [0.25, 0.3) is 0 Å². The fourth-order valence-corrected chi connectivity index (χ4v) is 3.74. The number of hydrogen-bond donors (Lipinski definition) is 1. The van der Waals surface area contributed by atoms with Crippen molar-refractivity contribution in [3.8, 4) is 0 Å². The van der Waals surface area contributed by atoms with E-state index < -0.39 is 21.1 Å². The van der Waals surface area contributed by atoms with Crippen LogP contribution in [0, 0.1) is 0 Å². The average molecular weight is 325 g/mol. The Kier molecular flexibility index (Phi) is 4.34. The van der Waals surface area contributed by atoms with Gasteiger partial charge in [0.15, 0.2) is 9.84 Å². The maximum Gasteiger partial charge on any atom is 0.337 e. The third-order valence-corrected chi connectivity index (χ3v) is 5.66. The van der Waals surface area contributed by atoms with Gasteiger partial charge in [-0.3, -0.25) is 0 Å². The predicted octanol–water partition coefficient (Wildman–Crippen LogP) is 3.57. The van der Waals surface area contributed by atoms with E-state index in [1.54, 1.807) is 37.3 Å². The Morgan fingerprint density at radius 3 is 2.29 bits per heavy atom. The molecule has 0 aromatic heterocycles. The third-order valence-electron chi connectivity index (χ3n) is 3.23. The highest BCUT2D eigenvalue weighted by atomic mass is 35.5. The Morgan fingerprint density at radius 2 is 1.76 bits per heavy atom. The van der Waals surface area contributed by atoms with Crippen LogP contribution < -0.4 is 0 Å². The van der Waals surface area contributed by atoms with Crippen molar-refractivity contribution in [3.63, 3.8) is 0 Å². The molecule has 0 saturated carbocycles. The van der Waals surface area contributed by atoms with Gasteiger partial charge in [0.2, 0.25) is 0 Å². The van der Waals surface area contributed by atoms with Crippen molar-refractivity contribution < 1.29 is 18.3 Å². The monoisotopic (exact) mass is 324 g/mol. The van der Waals surface area contributed by atoms with Crippen molar-refractivity contribution in [2.24, 2.45) is 0 Å². The summed E-state index contributed by atoms with van der Waals surface area (Å²) in [5, 5.41) is 8.07. The molecule has 110 valence electrons. The summed E-state index contributed by atoms with van der Waals surface area (Å²) in [6, 6.07) is 12.5. The molecule has 0 aliphatic carbocycles. The minimum absolute atomic E-state index is 0.00820. The second kappa shape index (κ2) is 5.87. The van der Waals surface area contributed by atoms with Crippen LogP contribution in [0.3, 0.4) is 0 Å². The second-order valence-electron chi connectivity index (χ2n) is 4.54. The largest absolute Gasteiger partial charge is 0.478 e. The number of carboxylic acid groups (broad SMARTS) is 1. The van der Waals surface area contributed by atoms with Crippen LogP contribution in [0.2, 0.25) is 5.02 Å². The zero-order chi connectivity index (χ0) is 15.6. The Morgan fingerprint density at radius 1 is 1.14 bits per heavy atom. The van der Waals surface area contributed by atoms with Gasteiger partial charge in [-0.1, -0.05) is 41.9 Å². The first-order valence-electron chi connectivity index (χ1n) is 6.15. The number of carbonyl (C=O) groups is 1. The lowest BCUT2D eigenvalue weighted by molar-refractivity contribution is 0.0697. The second-order valence-corrected chi connectivity index (χ2v) is 7.22. The molecule has 0 amide bonds. The third kappa shape index (κ3) is 3.09. The van der Waals surface area contributed by atoms with Gasteiger partial charge in [-0.2, -0.15) is 0 Å². The van der Waals surface area contributed by atoms with E-state index in [-0.39, 0.29) is 15.5 Å². The fourth-order valence-electron chi connectivity index (χ4n) is 1.95. The molecule has 0 aliphatic rings. The van der Waals surface area contributed by atoms with E-state index in [4.69, 9.17) is 16.7 Å². The van der Waals surface area contributed by atoms with Crippen molar-refractivity contribution in [3.05, 3.63) is 64.7 Å². The number of rotatable bonds is 4. The molecule has 0 saturated heterocycles. The molecule has 4 nitrogen and oxygen atoms in total. The van der Waals surface area contributed by atoms with Gasteiger partial charge in [0.05, 0.1) is 20.7 Å². The summed E-state index contributed by atoms with van der Waals surface area (Å²) >= 11 is 5.84. The van der Waals surface area contributed by atoms with E-state index in [0.29, 0.717) is 5.56 Å². The molecule has 1 N–H and O–H groups in total. The Labute approximate surface area is 127 Å². The molecule has 1 atom stereocenters. The van der Waals surface area contributed by atoms with Crippen LogP contribution in [-0.2, 0) is 9.84 Å². The van der Waals surface area contributed by atoms with Crippen molar-refractivity contribution >= 4 is 27.4 Å². The zero-order valence-corrected chi connectivity index (χ0v) is 12.7. The highest BCUT2D eigenvalue weighted by Gasteiger charge is 2.25. The van der Waals surface area contributed by atoms with Crippen molar-refractivity contribution in [2.45, 2.75) is 17.1 Å². The van der Waals surface area contributed by atoms with Crippen LogP contribution in [0.1, 0.15) is 28.1 Å². The summed E-state index contributed by atoms with van der Waals surface area (Å²) in [4.78, 5) is 10.9. The van der Waals surface area contributed by atoms with Gasteiger partial charge in [-0.15, -0.1) is 0 Å². The first-order valence-corrected chi connectivity index (χ1v) is 8.08. The van der Waals surface area contributed by atoms with Crippen LogP contribution in [0.15, 0.2) is 53.4 Å². The lowest BCUT2D eigenvalue weighted by Gasteiger charge is -2.14. The van der Waals surface area contributed by atoms with Gasteiger partial charge in [0.1, 0.15) is 0 Å². The summed E-state index contributed by atoms with van der Waals surface area (Å²) in [6.45, 7) is 1.59.